The monoisotopic (exact) mass is 292 g/mol. The smallest absolute Gasteiger partial charge is 0.307 e. The van der Waals surface area contributed by atoms with E-state index in [9.17, 15) is 9.90 Å². The molecule has 0 aromatic heterocycles. The Morgan fingerprint density at radius 2 is 1.86 bits per heavy atom. The molecule has 4 nitrogen and oxygen atoms in total. The van der Waals surface area contributed by atoms with Gasteiger partial charge in [-0.25, -0.2) is 0 Å². The third kappa shape index (κ3) is 10.4. The van der Waals surface area contributed by atoms with Crippen LogP contribution < -0.4 is 0 Å². The van der Waals surface area contributed by atoms with Gasteiger partial charge < -0.3 is 14.9 Å². The first kappa shape index (κ1) is 18.9. The van der Waals surface area contributed by atoms with Gasteiger partial charge in [-0.05, 0) is 33.3 Å². The third-order valence-corrected chi connectivity index (χ3v) is 2.46. The summed E-state index contributed by atoms with van der Waals surface area (Å²) in [7, 11) is 0. The van der Waals surface area contributed by atoms with E-state index in [-0.39, 0.29) is 0 Å². The van der Waals surface area contributed by atoms with E-state index in [1.54, 1.807) is 0 Å². The molecule has 0 aliphatic carbocycles. The van der Waals surface area contributed by atoms with Gasteiger partial charge in [0.1, 0.15) is 6.26 Å². The normalized spacial score (nSPS) is 14.5. The van der Waals surface area contributed by atoms with Gasteiger partial charge in [-0.15, -0.1) is 0 Å². The summed E-state index contributed by atoms with van der Waals surface area (Å²) < 4.78 is 4.71. The van der Waals surface area contributed by atoms with Gasteiger partial charge in [-0.1, -0.05) is 35.5 Å². The highest BCUT2D eigenvalue weighted by molar-refractivity contribution is 5.66. The number of ether oxygens (including phenoxy) is 1. The van der Waals surface area contributed by atoms with Crippen molar-refractivity contribution in [3.8, 4) is 0 Å². The van der Waals surface area contributed by atoms with Gasteiger partial charge in [0.25, 0.3) is 0 Å². The second kappa shape index (κ2) is 10.7. The molecule has 1 atom stereocenters. The molecular formula is C17H24O4. The number of carbonyl (C=O) groups excluding carboxylic acids is 1. The van der Waals surface area contributed by atoms with Crippen LogP contribution in [0.5, 0.6) is 0 Å². The molecule has 0 saturated carbocycles. The highest BCUT2D eigenvalue weighted by Gasteiger charge is 2.08. The van der Waals surface area contributed by atoms with Crippen LogP contribution in [0.2, 0.25) is 0 Å². The number of rotatable bonds is 7. The fraction of sp³-hybridized carbons (Fsp3) is 0.353. The number of allylic oxidation sites excluding steroid dienone is 5. The van der Waals surface area contributed by atoms with Crippen molar-refractivity contribution >= 4 is 5.97 Å². The Morgan fingerprint density at radius 1 is 1.19 bits per heavy atom. The van der Waals surface area contributed by atoms with Crippen LogP contribution in [0.25, 0.3) is 0 Å². The summed E-state index contributed by atoms with van der Waals surface area (Å²) in [6.45, 7) is 7.22. The lowest BCUT2D eigenvalue weighted by molar-refractivity contribution is -0.135. The Labute approximate surface area is 126 Å². The predicted molar refractivity (Wildman–Crippen MR) is 84.6 cm³/mol. The van der Waals surface area contributed by atoms with E-state index in [4.69, 9.17) is 9.84 Å². The van der Waals surface area contributed by atoms with Crippen LogP contribution >= 0.6 is 0 Å². The molecule has 0 amide bonds. The lowest BCUT2D eigenvalue weighted by Crippen LogP contribution is -2.09. The third-order valence-electron chi connectivity index (χ3n) is 2.46. The van der Waals surface area contributed by atoms with E-state index >= 15 is 0 Å². The van der Waals surface area contributed by atoms with Gasteiger partial charge in [-0.2, -0.15) is 0 Å². The predicted octanol–water partition coefficient (Wildman–Crippen LogP) is 3.72. The van der Waals surface area contributed by atoms with Crippen LogP contribution in [0.4, 0.5) is 0 Å². The molecule has 116 valence electrons. The van der Waals surface area contributed by atoms with E-state index in [1.807, 2.05) is 45.1 Å². The molecule has 0 bridgehead atoms. The molecule has 0 aromatic rings. The van der Waals surface area contributed by atoms with Crippen molar-refractivity contribution in [2.45, 2.75) is 40.2 Å². The number of aliphatic hydroxyl groups excluding tert-OH is 2. The maximum absolute atomic E-state index is 10.8. The molecule has 0 aliphatic rings. The van der Waals surface area contributed by atoms with Crippen LogP contribution in [0.3, 0.4) is 0 Å². The SMILES string of the molecule is CC(=O)OC=C(C=CO)C(O)CC=C(C)C=CC=C(C)C. The summed E-state index contributed by atoms with van der Waals surface area (Å²) in [6.07, 6.45) is 10.5. The minimum Gasteiger partial charge on any atom is -0.516 e. The molecule has 0 fully saturated rings. The molecule has 0 saturated heterocycles. The Hall–Kier alpha value is -2.07. The summed E-state index contributed by atoms with van der Waals surface area (Å²) in [5, 5.41) is 18.8. The number of hydrogen-bond acceptors (Lipinski definition) is 4. The van der Waals surface area contributed by atoms with Gasteiger partial charge in [0.05, 0.1) is 12.4 Å². The zero-order chi connectivity index (χ0) is 16.3. The lowest BCUT2D eigenvalue weighted by Gasteiger charge is -2.09. The first-order valence-corrected chi connectivity index (χ1v) is 6.71. The topological polar surface area (TPSA) is 66.8 Å². The standard InChI is InChI=1S/C17H24O4/c1-13(2)6-5-7-14(3)8-9-17(20)16(10-11-18)12-21-15(4)19/h5-8,10-12,17-18,20H,9H2,1-4H3. The van der Waals surface area contributed by atoms with Gasteiger partial charge in [-0.3, -0.25) is 4.79 Å². The van der Waals surface area contributed by atoms with Crippen LogP contribution in [0.1, 0.15) is 34.1 Å². The quantitative estimate of drug-likeness (QED) is 0.426. The highest BCUT2D eigenvalue weighted by atomic mass is 16.5. The van der Waals surface area contributed by atoms with Gasteiger partial charge in [0.2, 0.25) is 0 Å². The number of esters is 1. The van der Waals surface area contributed by atoms with E-state index in [2.05, 4.69) is 0 Å². The zero-order valence-corrected chi connectivity index (χ0v) is 13.0. The number of aliphatic hydroxyl groups is 2. The molecule has 21 heavy (non-hydrogen) atoms. The molecule has 0 rings (SSSR count). The maximum Gasteiger partial charge on any atom is 0.307 e. The minimum atomic E-state index is -0.862. The Morgan fingerprint density at radius 3 is 2.38 bits per heavy atom. The molecule has 4 heteroatoms. The van der Waals surface area contributed by atoms with Crippen LogP contribution in [-0.2, 0) is 9.53 Å². The van der Waals surface area contributed by atoms with Crippen molar-refractivity contribution in [3.63, 3.8) is 0 Å². The van der Waals surface area contributed by atoms with Crippen molar-refractivity contribution in [1.82, 2.24) is 0 Å². The molecule has 0 aromatic carbocycles. The molecule has 0 spiro atoms. The fourth-order valence-electron chi connectivity index (χ4n) is 1.36. The van der Waals surface area contributed by atoms with Gasteiger partial charge >= 0.3 is 5.97 Å². The van der Waals surface area contributed by atoms with Gasteiger partial charge in [0.15, 0.2) is 0 Å². The van der Waals surface area contributed by atoms with E-state index in [0.717, 1.165) is 18.1 Å². The van der Waals surface area contributed by atoms with Crippen molar-refractivity contribution < 1.29 is 19.7 Å². The van der Waals surface area contributed by atoms with Crippen LogP contribution in [-0.4, -0.2) is 22.3 Å². The van der Waals surface area contributed by atoms with E-state index in [1.165, 1.54) is 18.6 Å². The van der Waals surface area contributed by atoms with Crippen molar-refractivity contribution in [2.75, 3.05) is 0 Å². The molecule has 1 unspecified atom stereocenters. The minimum absolute atomic E-state index is 0.324. The van der Waals surface area contributed by atoms with Crippen molar-refractivity contribution in [3.05, 3.63) is 59.6 Å². The summed E-state index contributed by atoms with van der Waals surface area (Å²) in [6, 6.07) is 0. The number of hydrogen-bond donors (Lipinski definition) is 2. The second-order valence-corrected chi connectivity index (χ2v) is 4.85. The number of carbonyl (C=O) groups is 1. The lowest BCUT2D eigenvalue weighted by atomic mass is 10.1. The van der Waals surface area contributed by atoms with E-state index < -0.39 is 12.1 Å². The Kier molecular flexibility index (Phi) is 9.63. The van der Waals surface area contributed by atoms with Crippen molar-refractivity contribution in [2.24, 2.45) is 0 Å². The van der Waals surface area contributed by atoms with Crippen molar-refractivity contribution in [1.29, 1.82) is 0 Å². The summed E-state index contributed by atoms with van der Waals surface area (Å²) in [4.78, 5) is 10.8. The zero-order valence-electron chi connectivity index (χ0n) is 13.0. The molecule has 0 heterocycles. The first-order chi connectivity index (χ1) is 9.86. The molecular weight excluding hydrogens is 268 g/mol. The molecule has 2 N–H and O–H groups in total. The summed E-state index contributed by atoms with van der Waals surface area (Å²) in [5.74, 6) is -0.484. The average molecular weight is 292 g/mol. The highest BCUT2D eigenvalue weighted by Crippen LogP contribution is 2.11. The van der Waals surface area contributed by atoms with Crippen LogP contribution in [0, 0.1) is 0 Å². The fourth-order valence-corrected chi connectivity index (χ4v) is 1.36. The summed E-state index contributed by atoms with van der Waals surface area (Å²) >= 11 is 0. The van der Waals surface area contributed by atoms with Gasteiger partial charge in [0, 0.05) is 12.5 Å². The van der Waals surface area contributed by atoms with Crippen LogP contribution in [0.15, 0.2) is 59.6 Å². The largest absolute Gasteiger partial charge is 0.516 e. The second-order valence-electron chi connectivity index (χ2n) is 4.85. The maximum atomic E-state index is 10.8. The molecule has 0 aliphatic heterocycles. The Bertz CT molecular complexity index is 475. The Balaban J connectivity index is 4.72. The van der Waals surface area contributed by atoms with E-state index in [0.29, 0.717) is 12.0 Å². The molecule has 0 radical (unpaired) electrons. The summed E-state index contributed by atoms with van der Waals surface area (Å²) in [5.41, 5.74) is 2.54. The first-order valence-electron chi connectivity index (χ1n) is 6.71. The average Bonchev–Trinajstić information content (AvgIpc) is 2.40.